The van der Waals surface area contributed by atoms with Crippen molar-refractivity contribution in [3.8, 4) is 0 Å². The van der Waals surface area contributed by atoms with E-state index in [2.05, 4.69) is 15.6 Å². The molecule has 1 saturated carbocycles. The van der Waals surface area contributed by atoms with Gasteiger partial charge in [-0.3, -0.25) is 19.4 Å². The van der Waals surface area contributed by atoms with Gasteiger partial charge in [-0.2, -0.15) is 0 Å². The summed E-state index contributed by atoms with van der Waals surface area (Å²) in [5.41, 5.74) is 1.85. The fraction of sp³-hybridized carbons (Fsp3) is 0.286. The third-order valence-corrected chi connectivity index (χ3v) is 6.73. The predicted molar refractivity (Wildman–Crippen MR) is 134 cm³/mol. The number of aliphatic hydroxyl groups is 1. The van der Waals surface area contributed by atoms with E-state index in [1.165, 1.54) is 6.92 Å². The van der Waals surface area contributed by atoms with Crippen molar-refractivity contribution in [1.82, 2.24) is 4.98 Å². The number of hydrogen-bond acceptors (Lipinski definition) is 5. The third-order valence-electron chi connectivity index (χ3n) is 6.73. The maximum atomic E-state index is 13.7. The first kappa shape index (κ1) is 24.3. The number of rotatable bonds is 5. The molecule has 3 N–H and O–H groups in total. The first-order chi connectivity index (χ1) is 16.7. The SMILES string of the molecule is Cc1ccccc1NC(=O)[C@@H]1C(=O)C[C@](C)(O)[C@@H](C(=O)Nc2ccccc2C)[C@H]1c1ccncc1. The number of anilines is 2. The minimum Gasteiger partial charge on any atom is -0.389 e. The quantitative estimate of drug-likeness (QED) is 0.487. The summed E-state index contributed by atoms with van der Waals surface area (Å²) in [5.74, 6) is -4.48. The normalized spacial score (nSPS) is 24.0. The van der Waals surface area contributed by atoms with Gasteiger partial charge in [-0.25, -0.2) is 0 Å². The summed E-state index contributed by atoms with van der Waals surface area (Å²) in [6.45, 7) is 5.22. The maximum absolute atomic E-state index is 13.7. The zero-order valence-corrected chi connectivity index (χ0v) is 20.0. The molecule has 0 bridgehead atoms. The number of aryl methyl sites for hydroxylation is 2. The molecule has 1 aliphatic carbocycles. The molecular formula is C28H29N3O4. The van der Waals surface area contributed by atoms with Gasteiger partial charge in [0.25, 0.3) is 0 Å². The Morgan fingerprint density at radius 2 is 1.40 bits per heavy atom. The number of ketones is 1. The van der Waals surface area contributed by atoms with Gasteiger partial charge < -0.3 is 15.7 Å². The van der Waals surface area contributed by atoms with Gasteiger partial charge in [-0.1, -0.05) is 36.4 Å². The molecule has 0 spiro atoms. The van der Waals surface area contributed by atoms with Gasteiger partial charge in [0.2, 0.25) is 11.8 Å². The van der Waals surface area contributed by atoms with E-state index < -0.39 is 41.0 Å². The Morgan fingerprint density at radius 1 is 0.886 bits per heavy atom. The molecule has 4 atom stereocenters. The molecule has 1 aromatic heterocycles. The van der Waals surface area contributed by atoms with Gasteiger partial charge in [0, 0.05) is 36.1 Å². The molecule has 0 radical (unpaired) electrons. The van der Waals surface area contributed by atoms with Crippen LogP contribution in [-0.2, 0) is 14.4 Å². The molecule has 2 amide bonds. The Bertz CT molecular complexity index is 1260. The zero-order valence-electron chi connectivity index (χ0n) is 20.0. The molecule has 1 aliphatic rings. The van der Waals surface area contributed by atoms with Crippen LogP contribution in [0.3, 0.4) is 0 Å². The van der Waals surface area contributed by atoms with Crippen LogP contribution in [0.4, 0.5) is 11.4 Å². The molecule has 180 valence electrons. The van der Waals surface area contributed by atoms with Gasteiger partial charge >= 0.3 is 0 Å². The highest BCUT2D eigenvalue weighted by Crippen LogP contribution is 2.46. The Labute approximate surface area is 204 Å². The minimum absolute atomic E-state index is 0.313. The summed E-state index contributed by atoms with van der Waals surface area (Å²) in [6, 6.07) is 18.0. The van der Waals surface area contributed by atoms with E-state index in [-0.39, 0.29) is 6.42 Å². The average molecular weight is 472 g/mol. The molecule has 1 fully saturated rings. The number of carbonyl (C=O) groups excluding carboxylic acids is 3. The van der Waals surface area contributed by atoms with Gasteiger partial charge in [0.1, 0.15) is 11.7 Å². The number of benzene rings is 2. The van der Waals surface area contributed by atoms with Crippen LogP contribution >= 0.6 is 0 Å². The van der Waals surface area contributed by atoms with Crippen molar-refractivity contribution in [1.29, 1.82) is 0 Å². The highest BCUT2D eigenvalue weighted by atomic mass is 16.3. The van der Waals surface area contributed by atoms with Gasteiger partial charge in [0.05, 0.1) is 11.5 Å². The molecule has 2 aromatic carbocycles. The first-order valence-corrected chi connectivity index (χ1v) is 11.6. The molecule has 7 nitrogen and oxygen atoms in total. The second kappa shape index (κ2) is 9.80. The van der Waals surface area contributed by atoms with E-state index in [0.717, 1.165) is 11.1 Å². The standard InChI is InChI=1S/C28H29N3O4/c1-17-8-4-6-10-20(17)30-26(33)24-22(32)16-28(3,35)25(23(24)19-12-14-29-15-13-19)27(34)31-21-11-7-5-9-18(21)2/h4-15,23-25,35H,16H2,1-3H3,(H,30,33)(H,31,34)/t23-,24+,25+,28-/m0/s1. The molecule has 4 rings (SSSR count). The summed E-state index contributed by atoms with van der Waals surface area (Å²) in [7, 11) is 0. The number of pyridine rings is 1. The molecule has 0 aliphatic heterocycles. The maximum Gasteiger partial charge on any atom is 0.235 e. The van der Waals surface area contributed by atoms with Crippen LogP contribution < -0.4 is 10.6 Å². The fourth-order valence-corrected chi connectivity index (χ4v) is 4.92. The number of nitrogens with one attached hydrogen (secondary N) is 2. The number of carbonyl (C=O) groups is 3. The van der Waals surface area contributed by atoms with E-state index in [1.54, 1.807) is 42.7 Å². The number of hydrogen-bond donors (Lipinski definition) is 3. The van der Waals surface area contributed by atoms with E-state index in [0.29, 0.717) is 16.9 Å². The Hall–Kier alpha value is -3.84. The largest absolute Gasteiger partial charge is 0.389 e. The van der Waals surface area contributed by atoms with Crippen LogP contribution in [0, 0.1) is 25.7 Å². The van der Waals surface area contributed by atoms with Crippen molar-refractivity contribution in [2.24, 2.45) is 11.8 Å². The zero-order chi connectivity index (χ0) is 25.2. The number of para-hydroxylation sites is 2. The van der Waals surface area contributed by atoms with Crippen molar-refractivity contribution in [3.63, 3.8) is 0 Å². The number of aromatic nitrogens is 1. The van der Waals surface area contributed by atoms with Crippen LogP contribution in [0.2, 0.25) is 0 Å². The molecule has 0 unspecified atom stereocenters. The summed E-state index contributed by atoms with van der Waals surface area (Å²) in [6.07, 6.45) is 2.79. The lowest BCUT2D eigenvalue weighted by Crippen LogP contribution is -2.56. The Morgan fingerprint density at radius 3 is 1.94 bits per heavy atom. The van der Waals surface area contributed by atoms with Crippen LogP contribution in [-0.4, -0.2) is 33.3 Å². The van der Waals surface area contributed by atoms with Crippen molar-refractivity contribution >= 4 is 29.0 Å². The smallest absolute Gasteiger partial charge is 0.235 e. The van der Waals surface area contributed by atoms with Crippen molar-refractivity contribution < 1.29 is 19.5 Å². The highest BCUT2D eigenvalue weighted by molar-refractivity contribution is 6.10. The van der Waals surface area contributed by atoms with Gasteiger partial charge in [-0.05, 0) is 61.7 Å². The van der Waals surface area contributed by atoms with Crippen molar-refractivity contribution in [3.05, 3.63) is 89.7 Å². The molecule has 35 heavy (non-hydrogen) atoms. The topological polar surface area (TPSA) is 108 Å². The van der Waals surface area contributed by atoms with Crippen molar-refractivity contribution in [2.75, 3.05) is 10.6 Å². The Balaban J connectivity index is 1.76. The number of amides is 2. The second-order valence-corrected chi connectivity index (χ2v) is 9.37. The van der Waals surface area contributed by atoms with Crippen LogP contribution in [0.25, 0.3) is 0 Å². The van der Waals surface area contributed by atoms with E-state index in [9.17, 15) is 19.5 Å². The average Bonchev–Trinajstić information content (AvgIpc) is 2.81. The Kier molecular flexibility index (Phi) is 6.80. The summed E-state index contributed by atoms with van der Waals surface area (Å²) in [5, 5.41) is 17.1. The van der Waals surface area contributed by atoms with E-state index in [1.807, 2.05) is 44.2 Å². The number of Topliss-reactive ketones (excluding diaryl/α,β-unsaturated/α-hetero) is 1. The molecular weight excluding hydrogens is 442 g/mol. The van der Waals surface area contributed by atoms with E-state index >= 15 is 0 Å². The number of nitrogens with zero attached hydrogens (tertiary/aromatic N) is 1. The molecule has 1 heterocycles. The first-order valence-electron chi connectivity index (χ1n) is 11.6. The second-order valence-electron chi connectivity index (χ2n) is 9.37. The fourth-order valence-electron chi connectivity index (χ4n) is 4.92. The lowest BCUT2D eigenvalue weighted by atomic mass is 9.61. The van der Waals surface area contributed by atoms with Gasteiger partial charge in [0.15, 0.2) is 0 Å². The lowest BCUT2D eigenvalue weighted by molar-refractivity contribution is -0.150. The monoisotopic (exact) mass is 471 g/mol. The van der Waals surface area contributed by atoms with Crippen LogP contribution in [0.15, 0.2) is 73.1 Å². The molecule has 0 saturated heterocycles. The minimum atomic E-state index is -1.66. The summed E-state index contributed by atoms with van der Waals surface area (Å²) in [4.78, 5) is 44.6. The van der Waals surface area contributed by atoms with Crippen LogP contribution in [0.5, 0.6) is 0 Å². The predicted octanol–water partition coefficient (Wildman–Crippen LogP) is 4.02. The third kappa shape index (κ3) is 5.00. The molecule has 3 aromatic rings. The van der Waals surface area contributed by atoms with Crippen LogP contribution in [0.1, 0.15) is 36.0 Å². The van der Waals surface area contributed by atoms with E-state index in [4.69, 9.17) is 0 Å². The lowest BCUT2D eigenvalue weighted by Gasteiger charge is -2.44. The summed E-state index contributed by atoms with van der Waals surface area (Å²) < 4.78 is 0. The van der Waals surface area contributed by atoms with Crippen molar-refractivity contribution in [2.45, 2.75) is 38.7 Å². The summed E-state index contributed by atoms with van der Waals surface area (Å²) >= 11 is 0. The highest BCUT2D eigenvalue weighted by Gasteiger charge is 2.55. The molecule has 7 heteroatoms. The van der Waals surface area contributed by atoms with Gasteiger partial charge in [-0.15, -0.1) is 0 Å².